The minimum absolute atomic E-state index is 0.663. The van der Waals surface area contributed by atoms with Crippen molar-refractivity contribution in [3.63, 3.8) is 0 Å². The van der Waals surface area contributed by atoms with E-state index in [1.54, 1.807) is 6.20 Å². The van der Waals surface area contributed by atoms with E-state index in [1.807, 2.05) is 31.5 Å². The maximum atomic E-state index is 4.24. The van der Waals surface area contributed by atoms with E-state index < -0.39 is 0 Å². The number of pyridine rings is 1. The molecule has 2 N–H and O–H groups in total. The fourth-order valence-corrected chi connectivity index (χ4v) is 1.63. The fraction of sp³-hybridized carbons (Fsp3) is 0.357. The Bertz CT molecular complexity index is 509. The van der Waals surface area contributed by atoms with Crippen molar-refractivity contribution in [2.24, 2.45) is 0 Å². The SMILES string of the molecule is CCc1cnc(NCCNc2cc(C)ccn2)nc1. The molecule has 0 radical (unpaired) electrons. The summed E-state index contributed by atoms with van der Waals surface area (Å²) in [4.78, 5) is 12.7. The van der Waals surface area contributed by atoms with Gasteiger partial charge in [0.25, 0.3) is 0 Å². The monoisotopic (exact) mass is 257 g/mol. The van der Waals surface area contributed by atoms with E-state index in [1.165, 1.54) is 5.56 Å². The smallest absolute Gasteiger partial charge is 0.222 e. The van der Waals surface area contributed by atoms with Gasteiger partial charge in [-0.05, 0) is 36.6 Å². The van der Waals surface area contributed by atoms with Crippen LogP contribution in [-0.4, -0.2) is 28.0 Å². The molecule has 0 spiro atoms. The van der Waals surface area contributed by atoms with Crippen molar-refractivity contribution in [3.05, 3.63) is 41.9 Å². The zero-order chi connectivity index (χ0) is 13.5. The Balaban J connectivity index is 1.74. The molecule has 0 fully saturated rings. The molecule has 0 aromatic carbocycles. The van der Waals surface area contributed by atoms with Gasteiger partial charge in [0.1, 0.15) is 5.82 Å². The second kappa shape index (κ2) is 6.68. The van der Waals surface area contributed by atoms with Crippen LogP contribution < -0.4 is 10.6 Å². The van der Waals surface area contributed by atoms with Crippen LogP contribution in [0, 0.1) is 6.92 Å². The predicted octanol–water partition coefficient (Wildman–Crippen LogP) is 2.27. The minimum atomic E-state index is 0.663. The number of hydrogen-bond acceptors (Lipinski definition) is 5. The lowest BCUT2D eigenvalue weighted by molar-refractivity contribution is 0.992. The maximum absolute atomic E-state index is 4.24. The average Bonchev–Trinajstić information content (AvgIpc) is 2.44. The molecule has 0 atom stereocenters. The molecule has 19 heavy (non-hydrogen) atoms. The van der Waals surface area contributed by atoms with Crippen molar-refractivity contribution in [1.82, 2.24) is 15.0 Å². The summed E-state index contributed by atoms with van der Waals surface area (Å²) in [6.07, 6.45) is 6.47. The summed E-state index contributed by atoms with van der Waals surface area (Å²) in [6, 6.07) is 4.00. The number of nitrogens with one attached hydrogen (secondary N) is 2. The lowest BCUT2D eigenvalue weighted by atomic mass is 10.3. The van der Waals surface area contributed by atoms with Gasteiger partial charge in [0, 0.05) is 31.7 Å². The van der Waals surface area contributed by atoms with Gasteiger partial charge in [-0.2, -0.15) is 0 Å². The highest BCUT2D eigenvalue weighted by molar-refractivity contribution is 5.37. The molecule has 0 aliphatic heterocycles. The number of aromatic nitrogens is 3. The second-order valence-electron chi connectivity index (χ2n) is 4.34. The van der Waals surface area contributed by atoms with Crippen LogP contribution in [0.4, 0.5) is 11.8 Å². The van der Waals surface area contributed by atoms with E-state index in [0.717, 1.165) is 30.9 Å². The van der Waals surface area contributed by atoms with Gasteiger partial charge in [0.05, 0.1) is 0 Å². The lowest BCUT2D eigenvalue weighted by Crippen LogP contribution is -2.15. The van der Waals surface area contributed by atoms with Crippen LogP contribution in [-0.2, 0) is 6.42 Å². The fourth-order valence-electron chi connectivity index (χ4n) is 1.63. The topological polar surface area (TPSA) is 62.7 Å². The summed E-state index contributed by atoms with van der Waals surface area (Å²) < 4.78 is 0. The van der Waals surface area contributed by atoms with E-state index in [2.05, 4.69) is 32.5 Å². The summed E-state index contributed by atoms with van der Waals surface area (Å²) in [7, 11) is 0. The molecular weight excluding hydrogens is 238 g/mol. The van der Waals surface area contributed by atoms with Crippen molar-refractivity contribution in [3.8, 4) is 0 Å². The first kappa shape index (κ1) is 13.3. The maximum Gasteiger partial charge on any atom is 0.222 e. The molecule has 0 unspecified atom stereocenters. The average molecular weight is 257 g/mol. The Morgan fingerprint density at radius 3 is 2.47 bits per heavy atom. The largest absolute Gasteiger partial charge is 0.368 e. The first-order valence-electron chi connectivity index (χ1n) is 6.49. The van der Waals surface area contributed by atoms with Crippen LogP contribution in [0.25, 0.3) is 0 Å². The van der Waals surface area contributed by atoms with Crippen LogP contribution in [0.5, 0.6) is 0 Å². The molecule has 2 aromatic heterocycles. The number of nitrogens with zero attached hydrogens (tertiary/aromatic N) is 3. The van der Waals surface area contributed by atoms with E-state index in [4.69, 9.17) is 0 Å². The minimum Gasteiger partial charge on any atom is -0.368 e. The predicted molar refractivity (Wildman–Crippen MR) is 77.4 cm³/mol. The molecule has 0 aliphatic carbocycles. The first-order chi connectivity index (χ1) is 9.28. The third kappa shape index (κ3) is 4.21. The van der Waals surface area contributed by atoms with Gasteiger partial charge in [-0.15, -0.1) is 0 Å². The highest BCUT2D eigenvalue weighted by atomic mass is 15.1. The van der Waals surface area contributed by atoms with Crippen LogP contribution >= 0.6 is 0 Å². The Morgan fingerprint density at radius 1 is 1.05 bits per heavy atom. The Labute approximate surface area is 113 Å². The summed E-state index contributed by atoms with van der Waals surface area (Å²) in [5.41, 5.74) is 2.34. The molecule has 0 amide bonds. The second-order valence-corrected chi connectivity index (χ2v) is 4.34. The van der Waals surface area contributed by atoms with Crippen molar-refractivity contribution < 1.29 is 0 Å². The van der Waals surface area contributed by atoms with Crippen molar-refractivity contribution in [2.75, 3.05) is 23.7 Å². The Kier molecular flexibility index (Phi) is 4.66. The van der Waals surface area contributed by atoms with Crippen molar-refractivity contribution in [1.29, 1.82) is 0 Å². The quantitative estimate of drug-likeness (QED) is 0.777. The van der Waals surface area contributed by atoms with E-state index in [-0.39, 0.29) is 0 Å². The normalized spacial score (nSPS) is 10.2. The van der Waals surface area contributed by atoms with Gasteiger partial charge in [-0.1, -0.05) is 6.92 Å². The first-order valence-corrected chi connectivity index (χ1v) is 6.49. The number of anilines is 2. The van der Waals surface area contributed by atoms with Crippen LogP contribution in [0.2, 0.25) is 0 Å². The van der Waals surface area contributed by atoms with Crippen LogP contribution in [0.1, 0.15) is 18.1 Å². The summed E-state index contributed by atoms with van der Waals surface area (Å²) in [5, 5.41) is 6.42. The van der Waals surface area contributed by atoms with Crippen molar-refractivity contribution >= 4 is 11.8 Å². The van der Waals surface area contributed by atoms with Gasteiger partial charge < -0.3 is 10.6 Å². The molecule has 0 saturated carbocycles. The molecule has 2 aromatic rings. The molecule has 2 rings (SSSR count). The Morgan fingerprint density at radius 2 is 1.79 bits per heavy atom. The highest BCUT2D eigenvalue weighted by Gasteiger charge is 1.96. The summed E-state index contributed by atoms with van der Waals surface area (Å²) >= 11 is 0. The highest BCUT2D eigenvalue weighted by Crippen LogP contribution is 2.04. The van der Waals surface area contributed by atoms with Gasteiger partial charge in [0.2, 0.25) is 5.95 Å². The molecular formula is C14H19N5. The third-order valence-corrected chi connectivity index (χ3v) is 2.74. The molecule has 2 heterocycles. The standard InChI is InChI=1S/C14H19N5/c1-3-12-9-18-14(19-10-12)17-7-6-16-13-8-11(2)4-5-15-13/h4-5,8-10H,3,6-7H2,1-2H3,(H,15,16)(H,17,18,19). The summed E-state index contributed by atoms with van der Waals surface area (Å²) in [5.74, 6) is 1.56. The molecule has 5 nitrogen and oxygen atoms in total. The molecule has 100 valence electrons. The van der Waals surface area contributed by atoms with Gasteiger partial charge in [-0.25, -0.2) is 15.0 Å². The number of aryl methyl sites for hydroxylation is 2. The van der Waals surface area contributed by atoms with Crippen molar-refractivity contribution in [2.45, 2.75) is 20.3 Å². The van der Waals surface area contributed by atoms with E-state index in [0.29, 0.717) is 5.95 Å². The zero-order valence-electron chi connectivity index (χ0n) is 11.3. The van der Waals surface area contributed by atoms with Gasteiger partial charge >= 0.3 is 0 Å². The molecule has 0 aliphatic rings. The van der Waals surface area contributed by atoms with Crippen LogP contribution in [0.3, 0.4) is 0 Å². The van der Waals surface area contributed by atoms with E-state index in [9.17, 15) is 0 Å². The number of rotatable bonds is 6. The molecule has 0 bridgehead atoms. The van der Waals surface area contributed by atoms with Crippen LogP contribution in [0.15, 0.2) is 30.7 Å². The lowest BCUT2D eigenvalue weighted by Gasteiger charge is -2.07. The van der Waals surface area contributed by atoms with Gasteiger partial charge in [0.15, 0.2) is 0 Å². The number of hydrogen-bond donors (Lipinski definition) is 2. The third-order valence-electron chi connectivity index (χ3n) is 2.74. The Hall–Kier alpha value is -2.17. The molecule has 0 saturated heterocycles. The molecule has 5 heteroatoms. The zero-order valence-corrected chi connectivity index (χ0v) is 11.3. The summed E-state index contributed by atoms with van der Waals surface area (Å²) in [6.45, 7) is 5.66. The van der Waals surface area contributed by atoms with E-state index >= 15 is 0 Å². The van der Waals surface area contributed by atoms with Gasteiger partial charge in [-0.3, -0.25) is 0 Å².